The molecule has 2 aromatic rings. The maximum absolute atomic E-state index is 6.04. The topological polar surface area (TPSA) is 9.23 Å². The first kappa shape index (κ1) is 14.8. The number of benzene rings is 2. The quantitative estimate of drug-likeness (QED) is 0.707. The summed E-state index contributed by atoms with van der Waals surface area (Å²) in [6.45, 7) is 0.549. The molecule has 0 spiro atoms. The molecule has 0 saturated heterocycles. The van der Waals surface area contributed by atoms with E-state index in [1.165, 1.54) is 3.69 Å². The van der Waals surface area contributed by atoms with Gasteiger partial charge >= 0.3 is 113 Å². The summed E-state index contributed by atoms with van der Waals surface area (Å²) < 4.78 is 6.85. The molecular weight excluding hydrogens is 312 g/mol. The first-order valence-corrected chi connectivity index (χ1v) is 6.12. The summed E-state index contributed by atoms with van der Waals surface area (Å²) in [5.74, 6) is 0.748. The predicted molar refractivity (Wildman–Crippen MR) is 67.6 cm³/mol. The maximum atomic E-state index is 6.04. The normalized spacial score (nSPS) is 9.59. The minimum atomic E-state index is 0. The van der Waals surface area contributed by atoms with E-state index in [2.05, 4.69) is 0 Å². The molecule has 0 amide bonds. The van der Waals surface area contributed by atoms with Crippen molar-refractivity contribution in [3.8, 4) is 5.75 Å². The third kappa shape index (κ3) is 4.51. The Balaban J connectivity index is 0.00000144. The fraction of sp³-hybridized carbons (Fsp3) is 0.0769. The Bertz CT molecular complexity index is 476. The van der Waals surface area contributed by atoms with Gasteiger partial charge in [-0.3, -0.25) is 0 Å². The van der Waals surface area contributed by atoms with Crippen LogP contribution in [0.15, 0.2) is 48.5 Å². The van der Waals surface area contributed by atoms with Gasteiger partial charge in [0.25, 0.3) is 0 Å². The third-order valence-corrected chi connectivity index (χ3v) is 2.98. The van der Waals surface area contributed by atoms with E-state index in [9.17, 15) is 0 Å². The summed E-state index contributed by atoms with van der Waals surface area (Å²) in [4.78, 5) is 0. The molecule has 0 fully saturated rings. The second kappa shape index (κ2) is 7.26. The molecule has 0 aliphatic carbocycles. The summed E-state index contributed by atoms with van der Waals surface area (Å²) in [7, 11) is 0. The van der Waals surface area contributed by atoms with Gasteiger partial charge in [-0.2, -0.15) is 0 Å². The Kier molecular flexibility index (Phi) is 6.34. The Morgan fingerprint density at radius 2 is 1.76 bits per heavy atom. The van der Waals surface area contributed by atoms with Crippen molar-refractivity contribution in [3.05, 3.63) is 59.1 Å². The van der Waals surface area contributed by atoms with Gasteiger partial charge in [-0.25, -0.2) is 0 Å². The number of rotatable bonds is 3. The molecule has 2 rings (SSSR count). The van der Waals surface area contributed by atoms with Crippen molar-refractivity contribution in [1.29, 1.82) is 0 Å². The molecule has 17 heavy (non-hydrogen) atoms. The third-order valence-electron chi connectivity index (χ3n) is 2.23. The molecule has 0 aromatic heterocycles. The van der Waals surface area contributed by atoms with Crippen molar-refractivity contribution in [1.82, 2.24) is 0 Å². The molecule has 0 unspecified atom stereocenters. The van der Waals surface area contributed by atoms with E-state index < -0.39 is 0 Å². The molecule has 0 heterocycles. The van der Waals surface area contributed by atoms with E-state index in [0.29, 0.717) is 11.6 Å². The fourth-order valence-corrected chi connectivity index (χ4v) is 1.87. The summed E-state index contributed by atoms with van der Waals surface area (Å²) >= 11 is 7.86. The molecule has 4 heteroatoms. The molecule has 84 valence electrons. The van der Waals surface area contributed by atoms with Crippen molar-refractivity contribution in [2.24, 2.45) is 0 Å². The van der Waals surface area contributed by atoms with E-state index in [0.717, 1.165) is 11.3 Å². The van der Waals surface area contributed by atoms with Gasteiger partial charge in [-0.05, 0) is 0 Å². The second-order valence-electron chi connectivity index (χ2n) is 3.54. The molecule has 0 aliphatic rings. The predicted octanol–water partition coefficient (Wildman–Crippen LogP) is -0.283. The van der Waals surface area contributed by atoms with Crippen LogP contribution in [0.25, 0.3) is 0 Å². The fourth-order valence-electron chi connectivity index (χ4n) is 1.39. The Morgan fingerprint density at radius 3 is 2.47 bits per heavy atom. The van der Waals surface area contributed by atoms with Crippen LogP contribution in [-0.4, -0.2) is 21.7 Å². The SMILES string of the molecule is [Br-].[Mg+][c]1ccc(Cl)c(OCc2ccccc2)c1. The zero-order valence-electron chi connectivity index (χ0n) is 9.20. The van der Waals surface area contributed by atoms with Crippen LogP contribution in [0.1, 0.15) is 5.56 Å². The summed E-state index contributed by atoms with van der Waals surface area (Å²) in [6, 6.07) is 15.9. The number of hydrogen-bond donors (Lipinski definition) is 0. The first-order chi connectivity index (χ1) is 7.75. The van der Waals surface area contributed by atoms with Crippen LogP contribution in [0.2, 0.25) is 5.02 Å². The van der Waals surface area contributed by atoms with E-state index in [1.807, 2.05) is 70.2 Å². The zero-order valence-corrected chi connectivity index (χ0v) is 13.0. The van der Waals surface area contributed by atoms with Crippen LogP contribution in [-0.2, 0) is 6.61 Å². The number of hydrogen-bond acceptors (Lipinski definition) is 1. The molecule has 1 nitrogen and oxygen atoms in total. The van der Waals surface area contributed by atoms with Crippen LogP contribution in [0.5, 0.6) is 5.75 Å². The average molecular weight is 322 g/mol. The molecular formula is C13H10BrClMgO. The minimum absolute atomic E-state index is 0. The second-order valence-corrected chi connectivity index (χ2v) is 4.76. The molecule has 0 radical (unpaired) electrons. The zero-order chi connectivity index (χ0) is 11.4. The van der Waals surface area contributed by atoms with Gasteiger partial charge in [0.2, 0.25) is 0 Å². The Hall–Kier alpha value is -0.224. The van der Waals surface area contributed by atoms with Crippen LogP contribution < -0.4 is 25.4 Å². The number of halogens is 2. The number of ether oxygens (including phenoxy) is 1. The van der Waals surface area contributed by atoms with Gasteiger partial charge in [0.05, 0.1) is 0 Å². The Labute approximate surface area is 129 Å². The summed E-state index contributed by atoms with van der Waals surface area (Å²) in [5.41, 5.74) is 1.14. The molecule has 0 N–H and O–H groups in total. The van der Waals surface area contributed by atoms with Crippen LogP contribution >= 0.6 is 11.6 Å². The van der Waals surface area contributed by atoms with E-state index in [-0.39, 0.29) is 17.0 Å². The summed E-state index contributed by atoms with van der Waals surface area (Å²) in [6.07, 6.45) is 0. The van der Waals surface area contributed by atoms with Crippen molar-refractivity contribution in [3.63, 3.8) is 0 Å². The van der Waals surface area contributed by atoms with Gasteiger partial charge in [-0.15, -0.1) is 0 Å². The van der Waals surface area contributed by atoms with Crippen molar-refractivity contribution < 1.29 is 21.7 Å². The van der Waals surface area contributed by atoms with E-state index >= 15 is 0 Å². The average Bonchev–Trinajstić information content (AvgIpc) is 2.32. The van der Waals surface area contributed by atoms with Crippen molar-refractivity contribution >= 4 is 37.0 Å². The van der Waals surface area contributed by atoms with Crippen LogP contribution in [0, 0.1) is 0 Å². The molecule has 0 atom stereocenters. The molecule has 0 aliphatic heterocycles. The van der Waals surface area contributed by atoms with Gasteiger partial charge in [0, 0.05) is 0 Å². The summed E-state index contributed by atoms with van der Waals surface area (Å²) in [5, 5.41) is 0.659. The molecule has 0 saturated carbocycles. The van der Waals surface area contributed by atoms with Gasteiger partial charge in [-0.1, -0.05) is 0 Å². The van der Waals surface area contributed by atoms with Gasteiger partial charge < -0.3 is 17.0 Å². The van der Waals surface area contributed by atoms with Crippen LogP contribution in [0.3, 0.4) is 0 Å². The molecule has 2 aromatic carbocycles. The van der Waals surface area contributed by atoms with Crippen molar-refractivity contribution in [2.75, 3.05) is 0 Å². The Morgan fingerprint density at radius 1 is 1.06 bits per heavy atom. The monoisotopic (exact) mass is 320 g/mol. The van der Waals surface area contributed by atoms with Gasteiger partial charge in [0.15, 0.2) is 0 Å². The van der Waals surface area contributed by atoms with Crippen LogP contribution in [0.4, 0.5) is 0 Å². The van der Waals surface area contributed by atoms with Gasteiger partial charge in [0.1, 0.15) is 0 Å². The van der Waals surface area contributed by atoms with Crippen molar-refractivity contribution in [2.45, 2.75) is 6.61 Å². The van der Waals surface area contributed by atoms with E-state index in [4.69, 9.17) is 16.3 Å². The first-order valence-electron chi connectivity index (χ1n) is 5.04. The molecule has 0 bridgehead atoms. The standard InChI is InChI=1S/C13H10ClO.BrH.Mg/c14-12-8-4-5-9-13(12)15-10-11-6-2-1-3-7-11;;/h1-4,6-9H,10H2;1H;/q;;+1/p-1. The van der Waals surface area contributed by atoms with E-state index in [1.54, 1.807) is 0 Å².